The number of nitrogens with one attached hydrogen (secondary N) is 1. The lowest BCUT2D eigenvalue weighted by molar-refractivity contribution is -0.0728. The van der Waals surface area contributed by atoms with Gasteiger partial charge in [-0.3, -0.25) is 0 Å². The van der Waals surface area contributed by atoms with Gasteiger partial charge in [-0.25, -0.2) is 14.4 Å². The van der Waals surface area contributed by atoms with Gasteiger partial charge in [-0.05, 0) is 30.9 Å². The monoisotopic (exact) mass is 381 g/mol. The molecule has 1 fully saturated rings. The fourth-order valence-electron chi connectivity index (χ4n) is 2.73. The molecule has 1 aliphatic carbocycles. The first-order valence-electron chi connectivity index (χ1n) is 9.04. The van der Waals surface area contributed by atoms with Crippen molar-refractivity contribution in [2.24, 2.45) is 5.92 Å². The van der Waals surface area contributed by atoms with E-state index < -0.39 is 24.5 Å². The molecular formula is C19H27NO7. The minimum Gasteiger partial charge on any atom is -0.450 e. The molecule has 1 amide bonds. The van der Waals surface area contributed by atoms with Gasteiger partial charge in [0.2, 0.25) is 6.29 Å². The third-order valence-corrected chi connectivity index (χ3v) is 4.08. The Bertz CT molecular complexity index is 581. The number of carbonyl (C=O) groups excluding carboxylic acids is 2. The van der Waals surface area contributed by atoms with Gasteiger partial charge >= 0.3 is 18.2 Å². The maximum atomic E-state index is 12.0. The van der Waals surface area contributed by atoms with Crippen molar-refractivity contribution < 1.29 is 34.1 Å². The average Bonchev–Trinajstić information content (AvgIpc) is 2.67. The van der Waals surface area contributed by atoms with Gasteiger partial charge in [-0.15, -0.1) is 0 Å². The van der Waals surface area contributed by atoms with Crippen molar-refractivity contribution in [1.82, 2.24) is 5.32 Å². The van der Waals surface area contributed by atoms with Crippen LogP contribution < -0.4 is 5.32 Å². The summed E-state index contributed by atoms with van der Waals surface area (Å²) >= 11 is 0. The lowest BCUT2D eigenvalue weighted by Gasteiger charge is -2.22. The molecule has 1 aromatic carbocycles. The molecule has 0 saturated heterocycles. The lowest BCUT2D eigenvalue weighted by atomic mass is 9.89. The molecule has 3 N–H and O–H groups in total. The first-order chi connectivity index (χ1) is 12.9. The molecular weight excluding hydrogens is 354 g/mol. The zero-order chi connectivity index (χ0) is 20.1. The molecule has 0 radical (unpaired) electrons. The molecule has 0 aliphatic heterocycles. The summed E-state index contributed by atoms with van der Waals surface area (Å²) in [5.74, 6) is 0.0424. The minimum atomic E-state index is -1.83. The summed E-state index contributed by atoms with van der Waals surface area (Å²) in [5, 5.41) is 16.7. The van der Waals surface area contributed by atoms with Crippen LogP contribution in [-0.4, -0.2) is 41.3 Å². The van der Waals surface area contributed by atoms with Crippen molar-refractivity contribution in [2.45, 2.75) is 51.7 Å². The molecule has 1 aliphatic rings. The number of hydrogen-bond acceptors (Lipinski definition) is 5. The Morgan fingerprint density at radius 3 is 2.22 bits per heavy atom. The molecule has 27 heavy (non-hydrogen) atoms. The summed E-state index contributed by atoms with van der Waals surface area (Å²) in [6.45, 7) is 2.43. The van der Waals surface area contributed by atoms with Crippen LogP contribution in [-0.2, 0) is 9.47 Å². The average molecular weight is 381 g/mol. The first kappa shape index (κ1) is 22.3. The van der Waals surface area contributed by atoms with E-state index in [1.807, 2.05) is 6.07 Å². The summed E-state index contributed by atoms with van der Waals surface area (Å²) in [6, 6.07) is 8.67. The second-order valence-corrected chi connectivity index (χ2v) is 6.18. The molecule has 1 unspecified atom stereocenters. The van der Waals surface area contributed by atoms with Gasteiger partial charge < -0.3 is 25.0 Å². The van der Waals surface area contributed by atoms with Crippen LogP contribution >= 0.6 is 0 Å². The highest BCUT2D eigenvalue weighted by molar-refractivity contribution is 5.89. The van der Waals surface area contributed by atoms with Crippen molar-refractivity contribution in [3.05, 3.63) is 35.9 Å². The summed E-state index contributed by atoms with van der Waals surface area (Å²) in [6.07, 6.45) is 3.24. The number of hydrogen-bond donors (Lipinski definition) is 3. The Kier molecular flexibility index (Phi) is 10.4. The maximum absolute atomic E-state index is 12.0. The number of benzene rings is 1. The van der Waals surface area contributed by atoms with Crippen molar-refractivity contribution in [2.75, 3.05) is 6.54 Å². The molecule has 0 aromatic heterocycles. The van der Waals surface area contributed by atoms with Gasteiger partial charge in [0.25, 0.3) is 0 Å². The number of alkyl carbamates (subject to hydrolysis) is 1. The fraction of sp³-hybridized carbons (Fsp3) is 0.526. The number of ether oxygens (including phenoxy) is 2. The van der Waals surface area contributed by atoms with Crippen molar-refractivity contribution in [3.63, 3.8) is 0 Å². The van der Waals surface area contributed by atoms with Gasteiger partial charge in [-0.2, -0.15) is 0 Å². The van der Waals surface area contributed by atoms with E-state index >= 15 is 0 Å². The third kappa shape index (κ3) is 10.1. The quantitative estimate of drug-likeness (QED) is 0.500. The van der Waals surface area contributed by atoms with Crippen LogP contribution in [0.25, 0.3) is 0 Å². The number of esters is 1. The lowest BCUT2D eigenvalue weighted by Crippen LogP contribution is -2.34. The third-order valence-electron chi connectivity index (χ3n) is 4.08. The van der Waals surface area contributed by atoms with Crippen LogP contribution in [0.3, 0.4) is 0 Å². The highest BCUT2D eigenvalue weighted by Gasteiger charge is 2.19. The topological polar surface area (TPSA) is 122 Å². The minimum absolute atomic E-state index is 0.412. The van der Waals surface area contributed by atoms with E-state index in [9.17, 15) is 9.59 Å². The normalized spacial score (nSPS) is 14.9. The Labute approximate surface area is 158 Å². The second kappa shape index (κ2) is 12.6. The van der Waals surface area contributed by atoms with Gasteiger partial charge in [-0.1, -0.05) is 44.4 Å². The van der Waals surface area contributed by atoms with Crippen LogP contribution in [0.4, 0.5) is 9.59 Å². The summed E-state index contributed by atoms with van der Waals surface area (Å²) in [7, 11) is 0. The maximum Gasteiger partial charge on any atom is 0.503 e. The van der Waals surface area contributed by atoms with Crippen LogP contribution in [0.1, 0.15) is 55.8 Å². The zero-order valence-corrected chi connectivity index (χ0v) is 15.4. The van der Waals surface area contributed by atoms with Crippen molar-refractivity contribution in [1.29, 1.82) is 0 Å². The second-order valence-electron chi connectivity index (χ2n) is 6.18. The summed E-state index contributed by atoms with van der Waals surface area (Å²) in [5.41, 5.74) is 0.442. The molecule has 0 heterocycles. The molecule has 0 bridgehead atoms. The highest BCUT2D eigenvalue weighted by atomic mass is 16.7. The van der Waals surface area contributed by atoms with E-state index in [0.29, 0.717) is 24.4 Å². The van der Waals surface area contributed by atoms with Crippen LogP contribution in [0, 0.1) is 5.92 Å². The van der Waals surface area contributed by atoms with E-state index in [0.717, 1.165) is 12.8 Å². The summed E-state index contributed by atoms with van der Waals surface area (Å²) in [4.78, 5) is 32.4. The Balaban J connectivity index is 0.000000828. The largest absolute Gasteiger partial charge is 0.503 e. The highest BCUT2D eigenvalue weighted by Crippen LogP contribution is 2.22. The molecule has 150 valence electrons. The van der Waals surface area contributed by atoms with Gasteiger partial charge in [0.15, 0.2) is 0 Å². The Hall–Kier alpha value is -2.77. The molecule has 0 spiro atoms. The standard InChI is InChI=1S/C18H25NO4.CH2O3/c1-2-16(22-17(20)15-11-7-4-8-12-15)23-18(21)19-13-14-9-5-3-6-10-14;2-1(3)4/h4,7-8,11-12,14,16H,2-3,5-6,9-10,13H2,1H3,(H,19,21);(H2,2,3,4). The van der Waals surface area contributed by atoms with Crippen LogP contribution in [0.5, 0.6) is 0 Å². The van der Waals surface area contributed by atoms with Crippen LogP contribution in [0.15, 0.2) is 30.3 Å². The predicted molar refractivity (Wildman–Crippen MR) is 97.6 cm³/mol. The van der Waals surface area contributed by atoms with Gasteiger partial charge in [0.05, 0.1) is 5.56 Å². The van der Waals surface area contributed by atoms with E-state index in [1.165, 1.54) is 19.3 Å². The fourth-order valence-corrected chi connectivity index (χ4v) is 2.73. The van der Waals surface area contributed by atoms with Crippen molar-refractivity contribution >= 4 is 18.2 Å². The van der Waals surface area contributed by atoms with Crippen LogP contribution in [0.2, 0.25) is 0 Å². The molecule has 1 aromatic rings. The number of amides is 1. The molecule has 1 atom stereocenters. The first-order valence-corrected chi connectivity index (χ1v) is 9.04. The number of carbonyl (C=O) groups is 3. The SMILES string of the molecule is CCC(OC(=O)NCC1CCCCC1)OC(=O)c1ccccc1.O=C(O)O. The van der Waals surface area contributed by atoms with E-state index in [1.54, 1.807) is 31.2 Å². The zero-order valence-electron chi connectivity index (χ0n) is 15.4. The van der Waals surface area contributed by atoms with E-state index in [4.69, 9.17) is 24.5 Å². The summed E-state index contributed by atoms with van der Waals surface area (Å²) < 4.78 is 10.4. The molecule has 2 rings (SSSR count). The van der Waals surface area contributed by atoms with Gasteiger partial charge in [0.1, 0.15) is 0 Å². The number of rotatable bonds is 6. The Morgan fingerprint density at radius 1 is 1.07 bits per heavy atom. The molecule has 8 heteroatoms. The number of carboxylic acid groups (broad SMARTS) is 2. The van der Waals surface area contributed by atoms with E-state index in [-0.39, 0.29) is 0 Å². The van der Waals surface area contributed by atoms with Gasteiger partial charge in [0, 0.05) is 13.0 Å². The van der Waals surface area contributed by atoms with E-state index in [2.05, 4.69) is 5.32 Å². The smallest absolute Gasteiger partial charge is 0.450 e. The molecule has 8 nitrogen and oxygen atoms in total. The Morgan fingerprint density at radius 2 is 1.67 bits per heavy atom. The predicted octanol–water partition coefficient (Wildman–Crippen LogP) is 4.11. The van der Waals surface area contributed by atoms with Crippen molar-refractivity contribution in [3.8, 4) is 0 Å². The molecule has 1 saturated carbocycles.